The van der Waals surface area contributed by atoms with Crippen LogP contribution in [0.3, 0.4) is 0 Å². The van der Waals surface area contributed by atoms with Gasteiger partial charge in [-0.3, -0.25) is 0 Å². The van der Waals surface area contributed by atoms with Crippen LogP contribution in [0.25, 0.3) is 89.3 Å². The molecule has 0 bridgehead atoms. The molecule has 1 aliphatic carbocycles. The number of anilines is 3. The highest BCUT2D eigenvalue weighted by atomic mass is 15.1. The normalized spacial score (nSPS) is 11.7. The summed E-state index contributed by atoms with van der Waals surface area (Å²) in [5.74, 6) is 0. The first-order chi connectivity index (χ1) is 29.2. The van der Waals surface area contributed by atoms with Gasteiger partial charge in [-0.25, -0.2) is 0 Å². The monoisotopic (exact) mass is 749 g/mol. The topological polar surface area (TPSA) is 3.24 Å². The Bertz CT molecular complexity index is 3130. The Balaban J connectivity index is 0.993. The average Bonchev–Trinajstić information content (AvgIpc) is 3.75. The summed E-state index contributed by atoms with van der Waals surface area (Å²) in [5.41, 5.74) is 18.1. The maximum Gasteiger partial charge on any atom is 0.0462 e. The van der Waals surface area contributed by atoms with Crippen LogP contribution in [0.15, 0.2) is 224 Å². The molecule has 0 N–H and O–H groups in total. The van der Waals surface area contributed by atoms with Crippen LogP contribution in [0.1, 0.15) is 11.1 Å². The van der Waals surface area contributed by atoms with Gasteiger partial charge in [-0.2, -0.15) is 0 Å². The molecule has 10 aromatic carbocycles. The van der Waals surface area contributed by atoms with Gasteiger partial charge in [-0.05, 0) is 131 Å². The van der Waals surface area contributed by atoms with Gasteiger partial charge in [0.15, 0.2) is 0 Å². The van der Waals surface area contributed by atoms with Crippen molar-refractivity contribution in [3.8, 4) is 55.6 Å². The van der Waals surface area contributed by atoms with E-state index in [9.17, 15) is 0 Å². The van der Waals surface area contributed by atoms with Crippen LogP contribution in [0, 0.1) is 0 Å². The maximum absolute atomic E-state index is 2.36. The molecule has 0 radical (unpaired) electrons. The number of rotatable bonds is 8. The molecule has 0 aliphatic heterocycles. The second-order valence-electron chi connectivity index (χ2n) is 15.3. The highest BCUT2D eigenvalue weighted by Crippen LogP contribution is 2.44. The van der Waals surface area contributed by atoms with Crippen LogP contribution < -0.4 is 4.90 Å². The number of hydrogen-bond acceptors (Lipinski definition) is 1. The average molecular weight is 750 g/mol. The first kappa shape index (κ1) is 34.5. The second kappa shape index (κ2) is 14.6. The number of fused-ring (bicyclic) bond motifs is 1. The van der Waals surface area contributed by atoms with Crippen molar-refractivity contribution < 1.29 is 0 Å². The molecule has 59 heavy (non-hydrogen) atoms. The van der Waals surface area contributed by atoms with Crippen molar-refractivity contribution in [3.05, 3.63) is 236 Å². The van der Waals surface area contributed by atoms with Crippen molar-refractivity contribution in [1.29, 1.82) is 0 Å². The summed E-state index contributed by atoms with van der Waals surface area (Å²) < 4.78 is 0. The van der Waals surface area contributed by atoms with E-state index in [1.54, 1.807) is 0 Å². The van der Waals surface area contributed by atoms with Crippen molar-refractivity contribution in [3.63, 3.8) is 0 Å². The van der Waals surface area contributed by atoms with Gasteiger partial charge in [0.2, 0.25) is 0 Å². The Labute approximate surface area is 345 Å². The third kappa shape index (κ3) is 6.30. The number of hydrogen-bond donors (Lipinski definition) is 0. The molecule has 0 heterocycles. The van der Waals surface area contributed by atoms with Crippen LogP contribution in [0.5, 0.6) is 0 Å². The van der Waals surface area contributed by atoms with Gasteiger partial charge in [-0.15, -0.1) is 0 Å². The molecule has 0 unspecified atom stereocenters. The third-order valence-corrected chi connectivity index (χ3v) is 11.8. The molecule has 1 aliphatic rings. The van der Waals surface area contributed by atoms with Gasteiger partial charge in [0, 0.05) is 17.1 Å². The quantitative estimate of drug-likeness (QED) is 0.150. The molecule has 1 nitrogen and oxygen atoms in total. The Kier molecular flexibility index (Phi) is 8.56. The summed E-state index contributed by atoms with van der Waals surface area (Å²) in [4.78, 5) is 2.36. The van der Waals surface area contributed by atoms with Crippen molar-refractivity contribution in [2.45, 2.75) is 0 Å². The Morgan fingerprint density at radius 3 is 1.22 bits per heavy atom. The van der Waals surface area contributed by atoms with Gasteiger partial charge in [0.1, 0.15) is 0 Å². The Hall–Kier alpha value is -7.74. The zero-order valence-electron chi connectivity index (χ0n) is 32.5. The lowest BCUT2D eigenvalue weighted by Crippen LogP contribution is -2.09. The van der Waals surface area contributed by atoms with Crippen LogP contribution in [-0.2, 0) is 0 Å². The summed E-state index contributed by atoms with van der Waals surface area (Å²) in [6.07, 6.45) is 4.49. The highest BCUT2D eigenvalue weighted by molar-refractivity contribution is 6.16. The lowest BCUT2D eigenvalue weighted by molar-refractivity contribution is 1.28. The number of benzene rings is 10. The van der Waals surface area contributed by atoms with Gasteiger partial charge in [0.25, 0.3) is 0 Å². The summed E-state index contributed by atoms with van der Waals surface area (Å²) in [5, 5.41) is 5.13. The second-order valence-corrected chi connectivity index (χ2v) is 15.3. The van der Waals surface area contributed by atoms with Gasteiger partial charge in [0.05, 0.1) is 0 Å². The van der Waals surface area contributed by atoms with E-state index in [1.807, 2.05) is 0 Å². The predicted molar refractivity (Wildman–Crippen MR) is 252 cm³/mol. The largest absolute Gasteiger partial charge is 0.311 e. The summed E-state index contributed by atoms with van der Waals surface area (Å²) in [7, 11) is 0. The Morgan fingerprint density at radius 1 is 0.254 bits per heavy atom. The van der Waals surface area contributed by atoms with Crippen LogP contribution in [-0.4, -0.2) is 0 Å². The maximum atomic E-state index is 2.36. The molecule has 10 aromatic rings. The highest BCUT2D eigenvalue weighted by Gasteiger charge is 2.19. The molecule has 0 saturated carbocycles. The first-order valence-electron chi connectivity index (χ1n) is 20.3. The summed E-state index contributed by atoms with van der Waals surface area (Å²) in [6, 6.07) is 81.6. The SMILES string of the molecule is C1=Cc2ccc(-c3ccc(N(c4ccc(-c5ccccc5)cc4)c4ccc(-c5ccc6cccc(-c7ccccc7)c6c5)cc4)cc3)c3c(-c4ccccc4)ccc1c23. The molecular formula is C58H39N. The fourth-order valence-electron chi connectivity index (χ4n) is 8.90. The van der Waals surface area contributed by atoms with E-state index in [0.29, 0.717) is 0 Å². The van der Waals surface area contributed by atoms with Crippen molar-refractivity contribution in [2.75, 3.05) is 4.90 Å². The van der Waals surface area contributed by atoms with Crippen molar-refractivity contribution in [1.82, 2.24) is 0 Å². The lowest BCUT2D eigenvalue weighted by atomic mass is 9.89. The summed E-state index contributed by atoms with van der Waals surface area (Å²) in [6.45, 7) is 0. The van der Waals surface area contributed by atoms with Crippen LogP contribution in [0.2, 0.25) is 0 Å². The molecule has 1 heteroatoms. The zero-order valence-corrected chi connectivity index (χ0v) is 32.5. The first-order valence-corrected chi connectivity index (χ1v) is 20.3. The standard InChI is InChI=1S/C58H39N/c1-4-11-40(12-5-1)41-23-31-50(32-24-41)59(51-33-25-42(26-34-51)49-22-19-45-17-10-18-53(56(45)39-49)43-13-6-2-7-14-43)52-35-27-46(28-36-52)55-38-30-48-21-20-47-29-37-54(58(55)57(47)48)44-15-8-3-9-16-44/h1-39H. The minimum atomic E-state index is 1.10. The van der Waals surface area contributed by atoms with E-state index in [-0.39, 0.29) is 0 Å². The van der Waals surface area contributed by atoms with E-state index < -0.39 is 0 Å². The predicted octanol–water partition coefficient (Wildman–Crippen LogP) is 16.3. The van der Waals surface area contributed by atoms with E-state index in [0.717, 1.165) is 17.1 Å². The zero-order chi connectivity index (χ0) is 39.1. The molecule has 11 rings (SSSR count). The minimum Gasteiger partial charge on any atom is -0.311 e. The van der Waals surface area contributed by atoms with Gasteiger partial charge in [-0.1, -0.05) is 194 Å². The molecule has 0 fully saturated rings. The number of nitrogens with zero attached hydrogens (tertiary/aromatic N) is 1. The molecule has 0 saturated heterocycles. The smallest absolute Gasteiger partial charge is 0.0462 e. The van der Waals surface area contributed by atoms with Crippen molar-refractivity contribution in [2.24, 2.45) is 0 Å². The van der Waals surface area contributed by atoms with E-state index in [1.165, 1.54) is 88.3 Å². The third-order valence-electron chi connectivity index (χ3n) is 11.8. The summed E-state index contributed by atoms with van der Waals surface area (Å²) >= 11 is 0. The van der Waals surface area contributed by atoms with E-state index in [4.69, 9.17) is 0 Å². The molecule has 0 amide bonds. The fourth-order valence-corrected chi connectivity index (χ4v) is 8.90. The minimum absolute atomic E-state index is 1.10. The van der Waals surface area contributed by atoms with Crippen molar-refractivity contribution >= 4 is 50.8 Å². The molecule has 276 valence electrons. The molecule has 0 aromatic heterocycles. The molecule has 0 atom stereocenters. The molecule has 0 spiro atoms. The van der Waals surface area contributed by atoms with E-state index in [2.05, 4.69) is 242 Å². The van der Waals surface area contributed by atoms with Gasteiger partial charge < -0.3 is 4.90 Å². The fraction of sp³-hybridized carbons (Fsp3) is 0. The van der Waals surface area contributed by atoms with E-state index >= 15 is 0 Å². The lowest BCUT2D eigenvalue weighted by Gasteiger charge is -2.26. The van der Waals surface area contributed by atoms with Crippen LogP contribution in [0.4, 0.5) is 17.1 Å². The van der Waals surface area contributed by atoms with Crippen LogP contribution >= 0.6 is 0 Å². The molecular weight excluding hydrogens is 711 g/mol. The Morgan fingerprint density at radius 2 is 0.678 bits per heavy atom. The van der Waals surface area contributed by atoms with Gasteiger partial charge >= 0.3 is 0 Å².